The summed E-state index contributed by atoms with van der Waals surface area (Å²) in [6, 6.07) is 3.44. The smallest absolute Gasteiger partial charge is 0.358 e. The largest absolute Gasteiger partial charge is 0.476 e. The second kappa shape index (κ2) is 6.84. The minimum Gasteiger partial charge on any atom is -0.476 e. The molecular weight excluding hydrogens is 344 g/mol. The van der Waals surface area contributed by atoms with Crippen LogP contribution in [0.3, 0.4) is 0 Å². The molecule has 0 radical (unpaired) electrons. The first-order valence-electron chi connectivity index (χ1n) is 5.89. The second-order valence-electron chi connectivity index (χ2n) is 3.94. The highest BCUT2D eigenvalue weighted by Crippen LogP contribution is 2.14. The number of aromatic nitrogens is 3. The Balaban J connectivity index is 1.76. The van der Waals surface area contributed by atoms with E-state index in [4.69, 9.17) is 9.52 Å². The molecule has 2 N–H and O–H groups in total. The first-order chi connectivity index (χ1) is 10.0. The molecule has 0 atom stereocenters. The first kappa shape index (κ1) is 15.0. The Labute approximate surface area is 127 Å². The number of furan rings is 1. The lowest BCUT2D eigenvalue weighted by atomic mass is 10.4. The van der Waals surface area contributed by atoms with Crippen LogP contribution >= 0.6 is 15.9 Å². The van der Waals surface area contributed by atoms with Crippen molar-refractivity contribution in [3.05, 3.63) is 40.5 Å². The summed E-state index contributed by atoms with van der Waals surface area (Å²) in [5, 5.41) is 18.4. The molecule has 9 heteroatoms. The molecule has 0 unspecified atom stereocenters. The lowest BCUT2D eigenvalue weighted by Crippen LogP contribution is -2.25. The van der Waals surface area contributed by atoms with Gasteiger partial charge in [0.25, 0.3) is 0 Å². The molecule has 21 heavy (non-hydrogen) atoms. The van der Waals surface area contributed by atoms with E-state index in [-0.39, 0.29) is 11.6 Å². The molecule has 2 aromatic rings. The number of carbonyl (C=O) groups excluding carboxylic acids is 1. The molecule has 0 saturated carbocycles. The average Bonchev–Trinajstić information content (AvgIpc) is 3.05. The average molecular weight is 355 g/mol. The summed E-state index contributed by atoms with van der Waals surface area (Å²) in [6.07, 6.45) is 4.18. The summed E-state index contributed by atoms with van der Waals surface area (Å²) in [5.41, 5.74) is -0.135. The predicted octanol–water partition coefficient (Wildman–Crippen LogP) is 1.16. The predicted molar refractivity (Wildman–Crippen MR) is 75.4 cm³/mol. The molecule has 110 valence electrons. The molecule has 0 fully saturated rings. The third-order valence-corrected chi connectivity index (χ3v) is 2.82. The lowest BCUT2D eigenvalue weighted by Gasteiger charge is -2.01. The van der Waals surface area contributed by atoms with Crippen molar-refractivity contribution < 1.29 is 19.1 Å². The summed E-state index contributed by atoms with van der Waals surface area (Å²) in [5.74, 6) is -0.877. The van der Waals surface area contributed by atoms with Gasteiger partial charge < -0.3 is 14.8 Å². The van der Waals surface area contributed by atoms with E-state index in [1.165, 1.54) is 23.0 Å². The van der Waals surface area contributed by atoms with Crippen LogP contribution in [0.2, 0.25) is 0 Å². The number of aromatic carboxylic acids is 1. The van der Waals surface area contributed by atoms with Crippen molar-refractivity contribution in [2.45, 2.75) is 6.54 Å². The van der Waals surface area contributed by atoms with Crippen molar-refractivity contribution in [1.29, 1.82) is 0 Å². The fourth-order valence-electron chi connectivity index (χ4n) is 1.43. The highest BCUT2D eigenvalue weighted by atomic mass is 79.9. The van der Waals surface area contributed by atoms with E-state index >= 15 is 0 Å². The maximum atomic E-state index is 11.5. The number of carboxylic acids is 1. The third-order valence-electron chi connectivity index (χ3n) is 2.39. The zero-order chi connectivity index (χ0) is 15.2. The number of hydrogen-bond donors (Lipinski definition) is 2. The maximum absolute atomic E-state index is 11.5. The van der Waals surface area contributed by atoms with Gasteiger partial charge in [-0.2, -0.15) is 0 Å². The van der Waals surface area contributed by atoms with E-state index in [1.54, 1.807) is 12.1 Å². The van der Waals surface area contributed by atoms with Gasteiger partial charge in [-0.1, -0.05) is 5.21 Å². The van der Waals surface area contributed by atoms with Gasteiger partial charge in [0.05, 0.1) is 12.7 Å². The second-order valence-corrected chi connectivity index (χ2v) is 4.72. The molecule has 2 rings (SSSR count). The molecule has 0 saturated heterocycles. The summed E-state index contributed by atoms with van der Waals surface area (Å²) in [4.78, 5) is 22.1. The fraction of sp³-hybridized carbons (Fsp3) is 0.167. The summed E-state index contributed by atoms with van der Waals surface area (Å²) < 4.78 is 7.14. The minimum absolute atomic E-state index is 0.135. The van der Waals surface area contributed by atoms with Gasteiger partial charge in [0.15, 0.2) is 10.4 Å². The Morgan fingerprint density at radius 2 is 2.29 bits per heavy atom. The van der Waals surface area contributed by atoms with Gasteiger partial charge in [-0.3, -0.25) is 4.79 Å². The molecule has 0 aliphatic carbocycles. The number of hydrogen-bond acceptors (Lipinski definition) is 5. The van der Waals surface area contributed by atoms with Crippen molar-refractivity contribution in [2.24, 2.45) is 0 Å². The minimum atomic E-state index is -1.14. The monoisotopic (exact) mass is 354 g/mol. The summed E-state index contributed by atoms with van der Waals surface area (Å²) in [7, 11) is 0. The van der Waals surface area contributed by atoms with Crippen molar-refractivity contribution >= 4 is 33.9 Å². The van der Waals surface area contributed by atoms with Crippen LogP contribution in [-0.2, 0) is 11.3 Å². The van der Waals surface area contributed by atoms with E-state index in [2.05, 4.69) is 31.6 Å². The van der Waals surface area contributed by atoms with Crippen molar-refractivity contribution in [3.63, 3.8) is 0 Å². The van der Waals surface area contributed by atoms with Gasteiger partial charge in [-0.15, -0.1) is 5.10 Å². The van der Waals surface area contributed by atoms with Crippen LogP contribution in [0.5, 0.6) is 0 Å². The number of carbonyl (C=O) groups is 2. The Morgan fingerprint density at radius 1 is 1.48 bits per heavy atom. The number of carboxylic acid groups (broad SMARTS) is 1. The Morgan fingerprint density at radius 3 is 2.90 bits per heavy atom. The van der Waals surface area contributed by atoms with Crippen LogP contribution in [0.15, 0.2) is 33.5 Å². The topological polar surface area (TPSA) is 110 Å². The van der Waals surface area contributed by atoms with E-state index in [0.717, 1.165) is 0 Å². The molecule has 0 aliphatic heterocycles. The molecule has 2 heterocycles. The normalized spacial score (nSPS) is 10.9. The Hall–Kier alpha value is -2.42. The molecule has 1 amide bonds. The maximum Gasteiger partial charge on any atom is 0.358 e. The number of nitrogens with one attached hydrogen (secondary N) is 1. The van der Waals surface area contributed by atoms with Gasteiger partial charge in [-0.25, -0.2) is 9.48 Å². The van der Waals surface area contributed by atoms with Gasteiger partial charge >= 0.3 is 5.97 Å². The van der Waals surface area contributed by atoms with Crippen LogP contribution in [0.4, 0.5) is 0 Å². The van der Waals surface area contributed by atoms with Crippen molar-refractivity contribution in [2.75, 3.05) is 6.54 Å². The molecule has 2 aromatic heterocycles. The fourth-order valence-corrected chi connectivity index (χ4v) is 1.75. The van der Waals surface area contributed by atoms with E-state index in [1.807, 2.05) is 0 Å². The molecule has 8 nitrogen and oxygen atoms in total. The van der Waals surface area contributed by atoms with E-state index < -0.39 is 5.97 Å². The molecule has 0 bridgehead atoms. The van der Waals surface area contributed by atoms with Crippen LogP contribution in [-0.4, -0.2) is 38.5 Å². The quantitative estimate of drug-likeness (QED) is 0.753. The lowest BCUT2D eigenvalue weighted by molar-refractivity contribution is -0.116. The zero-order valence-electron chi connectivity index (χ0n) is 10.7. The SMILES string of the molecule is O=C(C=Cc1ccc(Br)o1)NCCn1cc(C(=O)O)nn1. The highest BCUT2D eigenvalue weighted by Gasteiger charge is 2.07. The van der Waals surface area contributed by atoms with Gasteiger partial charge in [0, 0.05) is 12.6 Å². The van der Waals surface area contributed by atoms with Crippen LogP contribution in [0.1, 0.15) is 16.2 Å². The molecular formula is C12H11BrN4O4. The Bertz CT molecular complexity index is 676. The van der Waals surface area contributed by atoms with Gasteiger partial charge in [0.2, 0.25) is 5.91 Å². The highest BCUT2D eigenvalue weighted by molar-refractivity contribution is 9.10. The molecule has 0 spiro atoms. The van der Waals surface area contributed by atoms with Crippen molar-refractivity contribution in [3.8, 4) is 0 Å². The number of amides is 1. The zero-order valence-corrected chi connectivity index (χ0v) is 12.3. The van der Waals surface area contributed by atoms with Crippen molar-refractivity contribution in [1.82, 2.24) is 20.3 Å². The van der Waals surface area contributed by atoms with Crippen LogP contribution < -0.4 is 5.32 Å². The summed E-state index contributed by atoms with van der Waals surface area (Å²) >= 11 is 3.16. The van der Waals surface area contributed by atoms with Gasteiger partial charge in [-0.05, 0) is 34.1 Å². The first-order valence-corrected chi connectivity index (χ1v) is 6.68. The molecule has 0 aliphatic rings. The van der Waals surface area contributed by atoms with Crippen LogP contribution in [0, 0.1) is 0 Å². The van der Waals surface area contributed by atoms with Crippen LogP contribution in [0.25, 0.3) is 6.08 Å². The number of halogens is 1. The number of nitrogens with zero attached hydrogens (tertiary/aromatic N) is 3. The Kier molecular flexibility index (Phi) is 4.88. The standard InChI is InChI=1S/C12H11BrN4O4/c13-10-3-1-8(21-10)2-4-11(18)14-5-6-17-7-9(12(19)20)15-16-17/h1-4,7H,5-6H2,(H,14,18)(H,19,20). The molecule has 0 aromatic carbocycles. The van der Waals surface area contributed by atoms with Gasteiger partial charge in [0.1, 0.15) is 5.76 Å². The van der Waals surface area contributed by atoms with E-state index in [0.29, 0.717) is 23.5 Å². The van der Waals surface area contributed by atoms with E-state index in [9.17, 15) is 9.59 Å². The third kappa shape index (κ3) is 4.56. The number of rotatable bonds is 6. The summed E-state index contributed by atoms with van der Waals surface area (Å²) in [6.45, 7) is 0.625.